The van der Waals surface area contributed by atoms with Gasteiger partial charge in [0.05, 0.1) is 19.1 Å². The number of piperidine rings is 1. The van der Waals surface area contributed by atoms with Crippen molar-refractivity contribution in [3.8, 4) is 5.75 Å². The summed E-state index contributed by atoms with van der Waals surface area (Å²) in [6.45, 7) is 0. The Hall–Kier alpha value is -0.980. The molecule has 2 unspecified atom stereocenters. The van der Waals surface area contributed by atoms with Gasteiger partial charge >= 0.3 is 0 Å². The lowest BCUT2D eigenvalue weighted by Gasteiger charge is -2.37. The summed E-state index contributed by atoms with van der Waals surface area (Å²) < 4.78 is 30.9. The Balaban J connectivity index is 1.76. The van der Waals surface area contributed by atoms with E-state index in [0.717, 1.165) is 37.1 Å². The summed E-state index contributed by atoms with van der Waals surface area (Å²) in [5.41, 5.74) is 0.868. The van der Waals surface area contributed by atoms with E-state index in [4.69, 9.17) is 16.3 Å². The molecule has 22 heavy (non-hydrogen) atoms. The predicted octanol–water partition coefficient (Wildman–Crippen LogP) is 2.72. The summed E-state index contributed by atoms with van der Waals surface area (Å²) in [7, 11) is -1.49. The molecule has 0 aromatic heterocycles. The maximum absolute atomic E-state index is 11.9. The molecule has 2 aliphatic rings. The second kappa shape index (κ2) is 5.91. The van der Waals surface area contributed by atoms with Crippen molar-refractivity contribution in [2.75, 3.05) is 18.7 Å². The molecule has 2 bridgehead atoms. The van der Waals surface area contributed by atoms with Crippen LogP contribution in [0.3, 0.4) is 0 Å². The summed E-state index contributed by atoms with van der Waals surface area (Å²) in [6, 6.07) is 5.94. The van der Waals surface area contributed by atoms with E-state index in [9.17, 15) is 8.42 Å². The number of hydrogen-bond donors (Lipinski definition) is 1. The number of fused-ring (bicyclic) bond motifs is 2. The van der Waals surface area contributed by atoms with Gasteiger partial charge in [0, 0.05) is 23.1 Å². The molecule has 0 spiro atoms. The van der Waals surface area contributed by atoms with Crippen molar-refractivity contribution in [1.29, 1.82) is 0 Å². The first-order valence-electron chi connectivity index (χ1n) is 7.47. The number of nitrogens with one attached hydrogen (secondary N) is 1. The Morgan fingerprint density at radius 1 is 1.27 bits per heavy atom. The minimum Gasteiger partial charge on any atom is -0.495 e. The molecule has 2 saturated heterocycles. The largest absolute Gasteiger partial charge is 0.495 e. The highest BCUT2D eigenvalue weighted by Crippen LogP contribution is 2.39. The standard InChI is InChI=1S/C15H21ClN2O3S/c1-21-15-6-3-10(16)7-14(15)17-11-8-12-4-5-13(9-11)18(12)22(2,19)20/h3,6-7,11-13,17H,4-5,8-9H2,1-2H3. The van der Waals surface area contributed by atoms with Crippen LogP contribution in [0.5, 0.6) is 5.75 Å². The third-order valence-electron chi connectivity index (χ3n) is 4.57. The van der Waals surface area contributed by atoms with Gasteiger partial charge in [-0.05, 0) is 43.9 Å². The molecule has 122 valence electrons. The zero-order valence-electron chi connectivity index (χ0n) is 12.8. The van der Waals surface area contributed by atoms with Crippen molar-refractivity contribution in [1.82, 2.24) is 4.31 Å². The average molecular weight is 345 g/mol. The van der Waals surface area contributed by atoms with E-state index >= 15 is 0 Å². The number of anilines is 1. The molecule has 2 fully saturated rings. The molecule has 3 rings (SSSR count). The van der Waals surface area contributed by atoms with Gasteiger partial charge in [-0.2, -0.15) is 4.31 Å². The van der Waals surface area contributed by atoms with Crippen LogP contribution in [0.1, 0.15) is 25.7 Å². The van der Waals surface area contributed by atoms with Crippen molar-refractivity contribution in [2.45, 2.75) is 43.8 Å². The van der Waals surface area contributed by atoms with E-state index in [1.807, 2.05) is 12.1 Å². The van der Waals surface area contributed by atoms with Crippen LogP contribution >= 0.6 is 11.6 Å². The number of halogens is 1. The van der Waals surface area contributed by atoms with E-state index < -0.39 is 10.0 Å². The normalized spacial score (nSPS) is 28.6. The summed E-state index contributed by atoms with van der Waals surface area (Å²) in [5.74, 6) is 0.752. The second-order valence-corrected chi connectivity index (χ2v) is 8.46. The Kier molecular flexibility index (Phi) is 4.27. The van der Waals surface area contributed by atoms with Gasteiger partial charge < -0.3 is 10.1 Å². The number of rotatable bonds is 4. The van der Waals surface area contributed by atoms with Crippen LogP contribution in [0, 0.1) is 0 Å². The minimum absolute atomic E-state index is 0.108. The highest BCUT2D eigenvalue weighted by Gasteiger charge is 2.45. The van der Waals surface area contributed by atoms with Gasteiger partial charge in [-0.3, -0.25) is 0 Å². The number of methoxy groups -OCH3 is 1. The van der Waals surface area contributed by atoms with E-state index in [1.165, 1.54) is 6.26 Å². The third kappa shape index (κ3) is 3.05. The molecule has 0 saturated carbocycles. The predicted molar refractivity (Wildman–Crippen MR) is 88.1 cm³/mol. The highest BCUT2D eigenvalue weighted by molar-refractivity contribution is 7.88. The molecule has 5 nitrogen and oxygen atoms in total. The lowest BCUT2D eigenvalue weighted by Crippen LogP contribution is -2.49. The molecule has 0 amide bonds. The molecule has 1 aromatic carbocycles. The molecule has 1 aromatic rings. The molecule has 1 N–H and O–H groups in total. The Morgan fingerprint density at radius 2 is 1.91 bits per heavy atom. The van der Waals surface area contributed by atoms with Crippen LogP contribution in [-0.2, 0) is 10.0 Å². The lowest BCUT2D eigenvalue weighted by atomic mass is 9.99. The van der Waals surface area contributed by atoms with Crippen LogP contribution in [0.2, 0.25) is 5.02 Å². The van der Waals surface area contributed by atoms with Crippen molar-refractivity contribution in [2.24, 2.45) is 0 Å². The molecule has 0 radical (unpaired) electrons. The maximum atomic E-state index is 11.9. The first-order valence-corrected chi connectivity index (χ1v) is 9.69. The van der Waals surface area contributed by atoms with Gasteiger partial charge in [0.1, 0.15) is 5.75 Å². The van der Waals surface area contributed by atoms with Gasteiger partial charge in [-0.1, -0.05) is 11.6 Å². The van der Waals surface area contributed by atoms with Gasteiger partial charge in [0.15, 0.2) is 0 Å². The Bertz CT molecular complexity index is 651. The van der Waals surface area contributed by atoms with Gasteiger partial charge in [0.25, 0.3) is 0 Å². The van der Waals surface area contributed by atoms with Crippen LogP contribution in [0.15, 0.2) is 18.2 Å². The highest BCUT2D eigenvalue weighted by atomic mass is 35.5. The molecule has 0 aliphatic carbocycles. The summed E-state index contributed by atoms with van der Waals surface area (Å²) in [4.78, 5) is 0. The molecule has 2 aliphatic heterocycles. The number of benzene rings is 1. The summed E-state index contributed by atoms with van der Waals surface area (Å²) in [5, 5.41) is 4.14. The number of hydrogen-bond acceptors (Lipinski definition) is 4. The van der Waals surface area contributed by atoms with E-state index in [0.29, 0.717) is 5.02 Å². The van der Waals surface area contributed by atoms with Gasteiger partial charge in [-0.25, -0.2) is 8.42 Å². The Labute approximate surface area is 136 Å². The van der Waals surface area contributed by atoms with Crippen LogP contribution in [0.4, 0.5) is 5.69 Å². The van der Waals surface area contributed by atoms with E-state index in [1.54, 1.807) is 17.5 Å². The van der Waals surface area contributed by atoms with Crippen LogP contribution in [0.25, 0.3) is 0 Å². The fraction of sp³-hybridized carbons (Fsp3) is 0.600. The summed E-state index contributed by atoms with van der Waals surface area (Å²) in [6.07, 6.45) is 4.84. The molecular formula is C15H21ClN2O3S. The second-order valence-electron chi connectivity index (χ2n) is 6.14. The van der Waals surface area contributed by atoms with E-state index in [-0.39, 0.29) is 18.1 Å². The maximum Gasteiger partial charge on any atom is 0.211 e. The summed E-state index contributed by atoms with van der Waals surface area (Å²) >= 11 is 6.06. The topological polar surface area (TPSA) is 58.6 Å². The first-order chi connectivity index (χ1) is 10.4. The van der Waals surface area contributed by atoms with Crippen LogP contribution < -0.4 is 10.1 Å². The molecule has 2 heterocycles. The lowest BCUT2D eigenvalue weighted by molar-refractivity contribution is 0.236. The fourth-order valence-corrected chi connectivity index (χ4v) is 5.44. The Morgan fingerprint density at radius 3 is 2.45 bits per heavy atom. The number of ether oxygens (including phenoxy) is 1. The van der Waals surface area contributed by atoms with Crippen molar-refractivity contribution < 1.29 is 13.2 Å². The third-order valence-corrected chi connectivity index (χ3v) is 6.17. The van der Waals surface area contributed by atoms with Crippen LogP contribution in [-0.4, -0.2) is 44.2 Å². The minimum atomic E-state index is -3.12. The van der Waals surface area contributed by atoms with Crippen molar-refractivity contribution in [3.05, 3.63) is 23.2 Å². The number of sulfonamides is 1. The SMILES string of the molecule is COc1ccc(Cl)cc1NC1CC2CCC(C1)N2S(C)(=O)=O. The van der Waals surface area contributed by atoms with Gasteiger partial charge in [0.2, 0.25) is 10.0 Å². The van der Waals surface area contributed by atoms with Crippen molar-refractivity contribution >= 4 is 27.3 Å². The first kappa shape index (κ1) is 15.9. The average Bonchev–Trinajstić information content (AvgIpc) is 2.72. The quantitative estimate of drug-likeness (QED) is 0.912. The molecule has 2 atom stereocenters. The fourth-order valence-electron chi connectivity index (χ4n) is 3.81. The van der Waals surface area contributed by atoms with E-state index in [2.05, 4.69) is 5.32 Å². The van der Waals surface area contributed by atoms with Gasteiger partial charge in [-0.15, -0.1) is 0 Å². The monoisotopic (exact) mass is 344 g/mol. The number of nitrogens with zero attached hydrogens (tertiary/aromatic N) is 1. The molecule has 7 heteroatoms. The molecular weight excluding hydrogens is 324 g/mol. The smallest absolute Gasteiger partial charge is 0.211 e. The zero-order valence-corrected chi connectivity index (χ0v) is 14.3. The van der Waals surface area contributed by atoms with Crippen molar-refractivity contribution in [3.63, 3.8) is 0 Å². The zero-order chi connectivity index (χ0) is 15.9.